The van der Waals surface area contributed by atoms with Gasteiger partial charge in [-0.25, -0.2) is 4.79 Å². The third-order valence-corrected chi connectivity index (χ3v) is 3.60. The fourth-order valence-electron chi connectivity index (χ4n) is 2.31. The van der Waals surface area contributed by atoms with Crippen LogP contribution in [0.4, 0.5) is 10.5 Å². The molecule has 1 atom stereocenters. The van der Waals surface area contributed by atoms with E-state index < -0.39 is 0 Å². The van der Waals surface area contributed by atoms with Gasteiger partial charge in [-0.2, -0.15) is 0 Å². The summed E-state index contributed by atoms with van der Waals surface area (Å²) in [5.74, 6) is 1.37. The van der Waals surface area contributed by atoms with E-state index in [9.17, 15) is 4.79 Å². The Kier molecular flexibility index (Phi) is 8.06. The molecule has 0 saturated carbocycles. The predicted octanol–water partition coefficient (Wildman–Crippen LogP) is 3.51. The minimum absolute atomic E-state index is 0.134. The number of aliphatic hydroxyl groups is 1. The molecule has 0 aliphatic rings. The lowest BCUT2D eigenvalue weighted by Crippen LogP contribution is -2.33. The molecule has 0 spiro atoms. The molecule has 0 fully saturated rings. The standard InChI is InChI=1S/C16H25ClN2O3/c1-11(2)8-12(6-7-20)10-18-16(21)19-13-4-5-15(22-3)14(17)9-13/h4-5,9,11-12,20H,6-8,10H2,1-3H3,(H2,18,19,21). The smallest absolute Gasteiger partial charge is 0.319 e. The van der Waals surface area contributed by atoms with Crippen LogP contribution < -0.4 is 15.4 Å². The van der Waals surface area contributed by atoms with Crippen LogP contribution in [0.1, 0.15) is 26.7 Å². The maximum absolute atomic E-state index is 11.9. The highest BCUT2D eigenvalue weighted by Gasteiger charge is 2.12. The summed E-state index contributed by atoms with van der Waals surface area (Å²) in [6.45, 7) is 4.93. The minimum Gasteiger partial charge on any atom is -0.495 e. The Balaban J connectivity index is 2.49. The topological polar surface area (TPSA) is 70.6 Å². The second-order valence-electron chi connectivity index (χ2n) is 5.69. The number of urea groups is 1. The number of anilines is 1. The first kappa shape index (κ1) is 18.6. The highest BCUT2D eigenvalue weighted by molar-refractivity contribution is 6.32. The zero-order chi connectivity index (χ0) is 16.5. The summed E-state index contributed by atoms with van der Waals surface area (Å²) in [7, 11) is 1.54. The number of hydrogen-bond acceptors (Lipinski definition) is 3. The normalized spacial score (nSPS) is 12.1. The highest BCUT2D eigenvalue weighted by Crippen LogP contribution is 2.27. The number of halogens is 1. The van der Waals surface area contributed by atoms with Crippen LogP contribution in [0.2, 0.25) is 5.02 Å². The number of carbonyl (C=O) groups is 1. The molecule has 6 heteroatoms. The Morgan fingerprint density at radius 2 is 2.14 bits per heavy atom. The Bertz CT molecular complexity index is 480. The van der Waals surface area contributed by atoms with E-state index in [4.69, 9.17) is 21.4 Å². The van der Waals surface area contributed by atoms with Crippen LogP contribution in [0, 0.1) is 11.8 Å². The van der Waals surface area contributed by atoms with Crippen molar-refractivity contribution in [1.29, 1.82) is 0 Å². The SMILES string of the molecule is COc1ccc(NC(=O)NCC(CCO)CC(C)C)cc1Cl. The van der Waals surface area contributed by atoms with Crippen LogP contribution >= 0.6 is 11.6 Å². The molecule has 124 valence electrons. The summed E-state index contributed by atoms with van der Waals surface area (Å²) in [4.78, 5) is 11.9. The number of ether oxygens (including phenoxy) is 1. The summed E-state index contributed by atoms with van der Waals surface area (Å²) in [6.07, 6.45) is 1.65. The van der Waals surface area contributed by atoms with Gasteiger partial charge in [-0.1, -0.05) is 25.4 Å². The van der Waals surface area contributed by atoms with Gasteiger partial charge in [-0.15, -0.1) is 0 Å². The average Bonchev–Trinajstić information content (AvgIpc) is 2.45. The van der Waals surface area contributed by atoms with Gasteiger partial charge in [0.1, 0.15) is 5.75 Å². The summed E-state index contributed by atoms with van der Waals surface area (Å²) >= 11 is 6.01. The molecule has 0 saturated heterocycles. The van der Waals surface area contributed by atoms with Gasteiger partial charge >= 0.3 is 6.03 Å². The van der Waals surface area contributed by atoms with Crippen molar-refractivity contribution < 1.29 is 14.6 Å². The fraction of sp³-hybridized carbons (Fsp3) is 0.562. The second-order valence-corrected chi connectivity index (χ2v) is 6.10. The maximum Gasteiger partial charge on any atom is 0.319 e. The van der Waals surface area contributed by atoms with Crippen LogP contribution in [-0.4, -0.2) is 31.4 Å². The van der Waals surface area contributed by atoms with Crippen molar-refractivity contribution in [3.8, 4) is 5.75 Å². The lowest BCUT2D eigenvalue weighted by molar-refractivity contribution is 0.231. The van der Waals surface area contributed by atoms with Crippen molar-refractivity contribution in [3.63, 3.8) is 0 Å². The van der Waals surface area contributed by atoms with Gasteiger partial charge in [0, 0.05) is 18.8 Å². The Morgan fingerprint density at radius 3 is 2.68 bits per heavy atom. The summed E-state index contributed by atoms with van der Waals surface area (Å²) in [5.41, 5.74) is 0.603. The first-order valence-electron chi connectivity index (χ1n) is 7.45. The maximum atomic E-state index is 11.9. The van der Waals surface area contributed by atoms with E-state index in [0.717, 1.165) is 6.42 Å². The van der Waals surface area contributed by atoms with Crippen molar-refractivity contribution in [2.45, 2.75) is 26.7 Å². The molecule has 0 aromatic heterocycles. The molecule has 1 unspecified atom stereocenters. The molecule has 1 rings (SSSR count). The fourth-order valence-corrected chi connectivity index (χ4v) is 2.57. The van der Waals surface area contributed by atoms with E-state index in [2.05, 4.69) is 24.5 Å². The summed E-state index contributed by atoms with van der Waals surface area (Å²) in [5, 5.41) is 15.1. The van der Waals surface area contributed by atoms with E-state index in [0.29, 0.717) is 35.3 Å². The van der Waals surface area contributed by atoms with Crippen molar-refractivity contribution in [3.05, 3.63) is 23.2 Å². The molecular weight excluding hydrogens is 304 g/mol. The number of aliphatic hydroxyl groups excluding tert-OH is 1. The Labute approximate surface area is 137 Å². The van der Waals surface area contributed by atoms with Crippen LogP contribution in [0.3, 0.4) is 0 Å². The van der Waals surface area contributed by atoms with Crippen LogP contribution in [0.5, 0.6) is 5.75 Å². The zero-order valence-electron chi connectivity index (χ0n) is 13.4. The molecule has 22 heavy (non-hydrogen) atoms. The van der Waals surface area contributed by atoms with Crippen molar-refractivity contribution in [1.82, 2.24) is 5.32 Å². The first-order valence-corrected chi connectivity index (χ1v) is 7.83. The highest BCUT2D eigenvalue weighted by atomic mass is 35.5. The molecule has 0 aliphatic heterocycles. The Morgan fingerprint density at radius 1 is 1.41 bits per heavy atom. The van der Waals surface area contributed by atoms with Gasteiger partial charge in [0.2, 0.25) is 0 Å². The second kappa shape index (κ2) is 9.54. The number of carbonyl (C=O) groups excluding carboxylic acids is 1. The third-order valence-electron chi connectivity index (χ3n) is 3.30. The molecule has 5 nitrogen and oxygen atoms in total. The van der Waals surface area contributed by atoms with Crippen LogP contribution in [0.15, 0.2) is 18.2 Å². The van der Waals surface area contributed by atoms with E-state index in [1.165, 1.54) is 7.11 Å². The predicted molar refractivity (Wildman–Crippen MR) is 89.7 cm³/mol. The van der Waals surface area contributed by atoms with E-state index in [1.54, 1.807) is 18.2 Å². The van der Waals surface area contributed by atoms with Gasteiger partial charge in [-0.05, 0) is 42.9 Å². The number of benzene rings is 1. The van der Waals surface area contributed by atoms with Gasteiger partial charge in [0.25, 0.3) is 0 Å². The summed E-state index contributed by atoms with van der Waals surface area (Å²) < 4.78 is 5.06. The lowest BCUT2D eigenvalue weighted by Gasteiger charge is -2.19. The van der Waals surface area contributed by atoms with Crippen LogP contribution in [0.25, 0.3) is 0 Å². The molecule has 0 bridgehead atoms. The average molecular weight is 329 g/mol. The Hall–Kier alpha value is -1.46. The van der Waals surface area contributed by atoms with Gasteiger partial charge in [0.15, 0.2) is 0 Å². The van der Waals surface area contributed by atoms with E-state index in [-0.39, 0.29) is 18.6 Å². The summed E-state index contributed by atoms with van der Waals surface area (Å²) in [6, 6.07) is 4.78. The molecule has 1 aromatic carbocycles. The quantitative estimate of drug-likeness (QED) is 0.684. The van der Waals surface area contributed by atoms with Gasteiger partial charge in [0.05, 0.1) is 12.1 Å². The molecular formula is C16H25ClN2O3. The molecule has 0 radical (unpaired) electrons. The van der Waals surface area contributed by atoms with Crippen molar-refractivity contribution in [2.75, 3.05) is 25.6 Å². The van der Waals surface area contributed by atoms with Crippen molar-refractivity contribution in [2.24, 2.45) is 11.8 Å². The number of nitrogens with one attached hydrogen (secondary N) is 2. The number of methoxy groups -OCH3 is 1. The molecule has 0 aliphatic carbocycles. The monoisotopic (exact) mass is 328 g/mol. The lowest BCUT2D eigenvalue weighted by atomic mass is 9.94. The number of hydrogen-bond donors (Lipinski definition) is 3. The largest absolute Gasteiger partial charge is 0.495 e. The van der Waals surface area contributed by atoms with E-state index in [1.807, 2.05) is 0 Å². The molecule has 3 N–H and O–H groups in total. The third kappa shape index (κ3) is 6.54. The zero-order valence-corrected chi connectivity index (χ0v) is 14.1. The van der Waals surface area contributed by atoms with E-state index >= 15 is 0 Å². The molecule has 0 heterocycles. The minimum atomic E-state index is -0.284. The number of amides is 2. The molecule has 2 amide bonds. The van der Waals surface area contributed by atoms with Crippen LogP contribution in [-0.2, 0) is 0 Å². The van der Waals surface area contributed by atoms with Gasteiger partial charge < -0.3 is 20.5 Å². The van der Waals surface area contributed by atoms with Crippen molar-refractivity contribution >= 4 is 23.3 Å². The van der Waals surface area contributed by atoms with Gasteiger partial charge in [-0.3, -0.25) is 0 Å². The molecule has 1 aromatic rings. The number of rotatable bonds is 8. The first-order chi connectivity index (χ1) is 10.5.